The Bertz CT molecular complexity index is 640. The number of carbonyl (C=O) groups excluding carboxylic acids is 2. The van der Waals surface area contributed by atoms with Gasteiger partial charge in [0, 0.05) is 28.9 Å². The highest BCUT2D eigenvalue weighted by molar-refractivity contribution is 9.09. The maximum absolute atomic E-state index is 12.2. The number of hydrogen-bond donors (Lipinski definition) is 2. The van der Waals surface area contributed by atoms with E-state index in [0.29, 0.717) is 29.0 Å². The first-order chi connectivity index (χ1) is 12.6. The van der Waals surface area contributed by atoms with Gasteiger partial charge in [-0.2, -0.15) is 0 Å². The third-order valence-electron chi connectivity index (χ3n) is 5.10. The van der Waals surface area contributed by atoms with Crippen LogP contribution in [0.15, 0.2) is 24.3 Å². The van der Waals surface area contributed by atoms with Gasteiger partial charge in [-0.1, -0.05) is 27.5 Å². The van der Waals surface area contributed by atoms with Crippen molar-refractivity contribution >= 4 is 39.3 Å². The van der Waals surface area contributed by atoms with Crippen molar-refractivity contribution in [2.75, 3.05) is 11.9 Å². The molecule has 0 radical (unpaired) electrons. The molecule has 2 amide bonds. The molecule has 0 saturated heterocycles. The Morgan fingerprint density at radius 1 is 1.04 bits per heavy atom. The molecular formula is C19H24BrClN2O3. The van der Waals surface area contributed by atoms with Crippen molar-refractivity contribution < 1.29 is 14.3 Å². The van der Waals surface area contributed by atoms with Gasteiger partial charge in [0.1, 0.15) is 5.75 Å². The first kappa shape index (κ1) is 19.5. The Balaban J connectivity index is 1.38. The molecular weight excluding hydrogens is 420 g/mol. The number of halogens is 2. The van der Waals surface area contributed by atoms with Crippen molar-refractivity contribution in [3.05, 3.63) is 29.3 Å². The summed E-state index contributed by atoms with van der Waals surface area (Å²) in [6.07, 6.45) is 4.38. The second-order valence-corrected chi connectivity index (χ2v) is 8.27. The van der Waals surface area contributed by atoms with Crippen LogP contribution in [0.4, 0.5) is 0 Å². The van der Waals surface area contributed by atoms with Gasteiger partial charge >= 0.3 is 0 Å². The van der Waals surface area contributed by atoms with Gasteiger partial charge < -0.3 is 15.4 Å². The third-order valence-corrected chi connectivity index (χ3v) is 5.91. The van der Waals surface area contributed by atoms with E-state index >= 15 is 0 Å². The SMILES string of the molecule is O=C(COc1ccc(Cl)cc1)N[C@H]1C[C@@H](NC(=O)CCCCBr)C2C[C@H]21. The average molecular weight is 444 g/mol. The monoisotopic (exact) mass is 442 g/mol. The van der Waals surface area contributed by atoms with Crippen LogP contribution in [0.25, 0.3) is 0 Å². The second kappa shape index (κ2) is 9.09. The van der Waals surface area contributed by atoms with Gasteiger partial charge in [-0.25, -0.2) is 0 Å². The van der Waals surface area contributed by atoms with Gasteiger partial charge in [0.2, 0.25) is 5.91 Å². The van der Waals surface area contributed by atoms with E-state index in [1.807, 2.05) is 0 Å². The molecule has 26 heavy (non-hydrogen) atoms. The van der Waals surface area contributed by atoms with Gasteiger partial charge in [-0.3, -0.25) is 9.59 Å². The molecule has 5 nitrogen and oxygen atoms in total. The summed E-state index contributed by atoms with van der Waals surface area (Å²) in [6, 6.07) is 7.26. The fourth-order valence-electron chi connectivity index (χ4n) is 3.70. The molecule has 1 aromatic rings. The molecule has 0 aliphatic heterocycles. The molecule has 2 aliphatic carbocycles. The maximum Gasteiger partial charge on any atom is 0.258 e. The molecule has 2 aliphatic rings. The summed E-state index contributed by atoms with van der Waals surface area (Å²) in [4.78, 5) is 24.2. The highest BCUT2D eigenvalue weighted by Crippen LogP contribution is 2.51. The first-order valence-corrected chi connectivity index (χ1v) is 10.6. The normalized spacial score (nSPS) is 26.1. The summed E-state index contributed by atoms with van der Waals surface area (Å²) in [5.41, 5.74) is 0. The van der Waals surface area contributed by atoms with E-state index in [4.69, 9.17) is 16.3 Å². The average Bonchev–Trinajstić information content (AvgIpc) is 3.35. The summed E-state index contributed by atoms with van der Waals surface area (Å²) in [6.45, 7) is -0.0148. The summed E-state index contributed by atoms with van der Waals surface area (Å²) < 4.78 is 5.48. The topological polar surface area (TPSA) is 67.4 Å². The van der Waals surface area contributed by atoms with Crippen molar-refractivity contribution in [2.24, 2.45) is 11.8 Å². The van der Waals surface area contributed by atoms with Crippen LogP contribution in [-0.2, 0) is 9.59 Å². The number of unbranched alkanes of at least 4 members (excludes halogenated alkanes) is 1. The van der Waals surface area contributed by atoms with E-state index in [-0.39, 0.29) is 30.5 Å². The highest BCUT2D eigenvalue weighted by atomic mass is 79.9. The van der Waals surface area contributed by atoms with Crippen molar-refractivity contribution in [3.8, 4) is 5.75 Å². The molecule has 7 heteroatoms. The van der Waals surface area contributed by atoms with Crippen molar-refractivity contribution in [1.29, 1.82) is 0 Å². The van der Waals surface area contributed by atoms with Crippen molar-refractivity contribution in [3.63, 3.8) is 0 Å². The smallest absolute Gasteiger partial charge is 0.258 e. The molecule has 1 aromatic carbocycles. The molecule has 4 atom stereocenters. The minimum atomic E-state index is -0.125. The molecule has 0 bridgehead atoms. The van der Waals surface area contributed by atoms with Crippen molar-refractivity contribution in [2.45, 2.75) is 44.2 Å². The molecule has 1 unspecified atom stereocenters. The number of nitrogens with one attached hydrogen (secondary N) is 2. The quantitative estimate of drug-likeness (QED) is 0.454. The predicted octanol–water partition coefficient (Wildman–Crippen LogP) is 3.29. The lowest BCUT2D eigenvalue weighted by Gasteiger charge is -2.19. The number of rotatable bonds is 9. The van der Waals surface area contributed by atoms with E-state index < -0.39 is 0 Å². The Labute approximate surface area is 167 Å². The molecule has 0 spiro atoms. The molecule has 2 N–H and O–H groups in total. The van der Waals surface area contributed by atoms with Crippen LogP contribution in [0.2, 0.25) is 5.02 Å². The van der Waals surface area contributed by atoms with Crippen LogP contribution < -0.4 is 15.4 Å². The maximum atomic E-state index is 12.2. The van der Waals surface area contributed by atoms with Crippen LogP contribution in [0.3, 0.4) is 0 Å². The van der Waals surface area contributed by atoms with Gasteiger partial charge in [0.15, 0.2) is 6.61 Å². The zero-order valence-corrected chi connectivity index (χ0v) is 16.9. The molecule has 0 heterocycles. The third kappa shape index (κ3) is 5.36. The van der Waals surface area contributed by atoms with Crippen LogP contribution in [0.5, 0.6) is 5.75 Å². The fourth-order valence-corrected chi connectivity index (χ4v) is 4.23. The lowest BCUT2D eigenvalue weighted by atomic mass is 10.1. The molecule has 2 saturated carbocycles. The predicted molar refractivity (Wildman–Crippen MR) is 105 cm³/mol. The van der Waals surface area contributed by atoms with E-state index in [9.17, 15) is 9.59 Å². The zero-order valence-electron chi connectivity index (χ0n) is 14.5. The number of benzene rings is 1. The molecule has 142 valence electrons. The molecule has 3 rings (SSSR count). The van der Waals surface area contributed by atoms with E-state index in [1.54, 1.807) is 24.3 Å². The number of ether oxygens (including phenoxy) is 1. The number of amides is 2. The lowest BCUT2D eigenvalue weighted by Crippen LogP contribution is -2.41. The van der Waals surface area contributed by atoms with E-state index in [2.05, 4.69) is 26.6 Å². The standard InChI is InChI=1S/C19H24BrClN2O3/c20-8-2-1-3-18(24)22-16-10-17(15-9-14(15)16)23-19(25)11-26-13-6-4-12(21)5-7-13/h4-7,14-17H,1-3,8-11H2,(H,22,24)(H,23,25)/t14?,15-,16-,17+/m1/s1. The highest BCUT2D eigenvalue weighted by Gasteiger charge is 2.55. The van der Waals surface area contributed by atoms with Crippen LogP contribution in [0, 0.1) is 11.8 Å². The van der Waals surface area contributed by atoms with Gasteiger partial charge in [0.25, 0.3) is 5.91 Å². The van der Waals surface area contributed by atoms with Gasteiger partial charge in [0.05, 0.1) is 0 Å². The van der Waals surface area contributed by atoms with Crippen LogP contribution in [-0.4, -0.2) is 35.8 Å². The minimum Gasteiger partial charge on any atom is -0.484 e. The Morgan fingerprint density at radius 2 is 1.69 bits per heavy atom. The number of carbonyl (C=O) groups is 2. The Morgan fingerprint density at radius 3 is 2.35 bits per heavy atom. The van der Waals surface area contributed by atoms with Gasteiger partial charge in [-0.15, -0.1) is 0 Å². The van der Waals surface area contributed by atoms with Crippen LogP contribution >= 0.6 is 27.5 Å². The Kier molecular flexibility index (Phi) is 6.81. The summed E-state index contributed by atoms with van der Waals surface area (Å²) >= 11 is 9.20. The van der Waals surface area contributed by atoms with E-state index in [1.165, 1.54) is 0 Å². The van der Waals surface area contributed by atoms with Gasteiger partial charge in [-0.05, 0) is 61.8 Å². The molecule has 0 aromatic heterocycles. The number of fused-ring (bicyclic) bond motifs is 1. The fraction of sp³-hybridized carbons (Fsp3) is 0.579. The summed E-state index contributed by atoms with van der Waals surface area (Å²) in [5.74, 6) is 1.62. The van der Waals surface area contributed by atoms with E-state index in [0.717, 1.165) is 31.0 Å². The zero-order chi connectivity index (χ0) is 18.5. The largest absolute Gasteiger partial charge is 0.484 e. The summed E-state index contributed by atoms with van der Waals surface area (Å²) in [5, 5.41) is 7.77. The molecule has 2 fully saturated rings. The van der Waals surface area contributed by atoms with Crippen molar-refractivity contribution in [1.82, 2.24) is 10.6 Å². The Hall–Kier alpha value is -1.27. The number of alkyl halides is 1. The first-order valence-electron chi connectivity index (χ1n) is 9.10. The second-order valence-electron chi connectivity index (χ2n) is 7.04. The number of hydrogen-bond acceptors (Lipinski definition) is 3. The lowest BCUT2D eigenvalue weighted by molar-refractivity contribution is -0.123. The van der Waals surface area contributed by atoms with Crippen LogP contribution in [0.1, 0.15) is 32.1 Å². The summed E-state index contributed by atoms with van der Waals surface area (Å²) in [7, 11) is 0. The minimum absolute atomic E-state index is 0.0148.